The molecule has 0 aromatic heterocycles. The van der Waals surface area contributed by atoms with E-state index in [9.17, 15) is 33.9 Å². The van der Waals surface area contributed by atoms with Crippen molar-refractivity contribution in [3.05, 3.63) is 58.7 Å². The van der Waals surface area contributed by atoms with Gasteiger partial charge < -0.3 is 68.0 Å². The van der Waals surface area contributed by atoms with Crippen molar-refractivity contribution in [2.75, 3.05) is 78.8 Å². The molecule has 1 atom stereocenters. The summed E-state index contributed by atoms with van der Waals surface area (Å²) >= 11 is 9.74. The van der Waals surface area contributed by atoms with E-state index in [2.05, 4.69) is 64.6 Å². The van der Waals surface area contributed by atoms with Crippen LogP contribution >= 0.6 is 24.4 Å². The first-order valence-corrected chi connectivity index (χ1v) is 22.3. The number of ether oxygens (including phenoxy) is 3. The van der Waals surface area contributed by atoms with Crippen LogP contribution in [0, 0.1) is 13.8 Å². The minimum absolute atomic E-state index is 0.0622. The van der Waals surface area contributed by atoms with E-state index in [1.807, 2.05) is 0 Å². The number of nitrogens with one attached hydrogen (secondary N) is 7. The highest BCUT2D eigenvalue weighted by atomic mass is 32.1. The fourth-order valence-corrected chi connectivity index (χ4v) is 6.19. The number of carboxylic acids is 1. The molecule has 0 saturated carbocycles. The second-order valence-electron chi connectivity index (χ2n) is 14.6. The molecule has 0 unspecified atom stereocenters. The number of hydrogen-bond donors (Lipinski definition) is 10. The molecule has 0 heterocycles. The van der Waals surface area contributed by atoms with Gasteiger partial charge in [0.2, 0.25) is 17.7 Å². The van der Waals surface area contributed by atoms with Gasteiger partial charge in [-0.15, -0.1) is 0 Å². The number of benzene rings is 2. The van der Waals surface area contributed by atoms with E-state index in [-0.39, 0.29) is 42.1 Å². The van der Waals surface area contributed by atoms with Crippen molar-refractivity contribution in [1.29, 1.82) is 0 Å². The van der Waals surface area contributed by atoms with E-state index in [0.717, 1.165) is 32.2 Å². The van der Waals surface area contributed by atoms with Crippen molar-refractivity contribution < 1.29 is 48.1 Å². The standard InChI is InChI=1S/C43H63N11O10S2/c1-29-22-33(23-30(2)38(29)40(59)54-34(41(60)61)25-51-36(56)26-52-39(58)31-10-8-11-32(24-31)53-42(44)45)64-18-9-16-47-35(55)12-4-3-5-14-48-37(57)27-63-21-20-62-19-17-50-43(66)49-15-7-6-13-46-28-65/h8,10-11,22-24,34H,3-7,9,12-21,25-27H2,1-2H3,(H,47,55)(H,48,57)(H,51,56)(H,52,58)(H,54,59)(H,60,61)(H4,44,45,53)(H2,49,50,66)/t34-/m0/s1. The third kappa shape index (κ3) is 25.3. The number of rotatable bonds is 33. The third-order valence-corrected chi connectivity index (χ3v) is 9.53. The maximum atomic E-state index is 13.2. The highest BCUT2D eigenvalue weighted by Crippen LogP contribution is 2.22. The quantitative estimate of drug-likeness (QED) is 0.0206. The molecule has 5 amide bonds. The maximum absolute atomic E-state index is 13.2. The van der Waals surface area contributed by atoms with Crippen LogP contribution in [-0.4, -0.2) is 142 Å². The predicted molar refractivity (Wildman–Crippen MR) is 256 cm³/mol. The van der Waals surface area contributed by atoms with Crippen LogP contribution in [-0.2, 0) is 28.7 Å². The molecular weight excluding hydrogens is 895 g/mol. The van der Waals surface area contributed by atoms with Gasteiger partial charge in [-0.3, -0.25) is 24.0 Å². The topological polar surface area (TPSA) is 311 Å². The Morgan fingerprint density at radius 1 is 0.742 bits per heavy atom. The summed E-state index contributed by atoms with van der Waals surface area (Å²) in [6, 6.07) is 7.92. The zero-order chi connectivity index (χ0) is 48.5. The summed E-state index contributed by atoms with van der Waals surface area (Å²) < 4.78 is 16.7. The Morgan fingerprint density at radius 3 is 2.15 bits per heavy atom. The Bertz CT molecular complexity index is 1970. The first-order valence-electron chi connectivity index (χ1n) is 21.5. The molecule has 0 aliphatic carbocycles. The number of carbonyl (C=O) groups excluding carboxylic acids is 5. The first-order chi connectivity index (χ1) is 31.7. The second kappa shape index (κ2) is 33.3. The van der Waals surface area contributed by atoms with E-state index in [0.29, 0.717) is 92.9 Å². The van der Waals surface area contributed by atoms with Crippen molar-refractivity contribution in [2.45, 2.75) is 64.8 Å². The Balaban J connectivity index is 1.55. The van der Waals surface area contributed by atoms with Gasteiger partial charge in [-0.25, -0.2) is 14.8 Å². The number of nitrogens with zero attached hydrogens (tertiary/aromatic N) is 2. The maximum Gasteiger partial charge on any atom is 0.328 e. The molecule has 23 heteroatoms. The lowest BCUT2D eigenvalue weighted by Crippen LogP contribution is -2.50. The van der Waals surface area contributed by atoms with Crippen molar-refractivity contribution in [2.24, 2.45) is 21.5 Å². The number of guanidine groups is 1. The Kier molecular flexibility index (Phi) is 28.2. The molecule has 66 heavy (non-hydrogen) atoms. The second-order valence-corrected chi connectivity index (χ2v) is 15.2. The Hall–Kier alpha value is -6.26. The highest BCUT2D eigenvalue weighted by Gasteiger charge is 2.24. The van der Waals surface area contributed by atoms with Gasteiger partial charge in [-0.05, 0) is 112 Å². The minimum Gasteiger partial charge on any atom is -0.494 e. The van der Waals surface area contributed by atoms with Crippen molar-refractivity contribution in [1.82, 2.24) is 37.2 Å². The molecule has 0 fully saturated rings. The molecular formula is C43H63N11O10S2. The number of aliphatic carboxylic acids is 1. The van der Waals surface area contributed by atoms with E-state index >= 15 is 0 Å². The number of aliphatic imine (C=N–C) groups is 2. The van der Waals surface area contributed by atoms with Gasteiger partial charge in [-0.1, -0.05) is 12.5 Å². The largest absolute Gasteiger partial charge is 0.494 e. The lowest BCUT2D eigenvalue weighted by molar-refractivity contribution is -0.139. The van der Waals surface area contributed by atoms with Gasteiger partial charge in [0, 0.05) is 56.8 Å². The molecule has 0 aliphatic heterocycles. The molecule has 0 radical (unpaired) electrons. The summed E-state index contributed by atoms with van der Waals surface area (Å²) in [5, 5.41) is 31.7. The number of aryl methyl sites for hydroxylation is 2. The van der Waals surface area contributed by atoms with Crippen molar-refractivity contribution in [3.8, 4) is 5.75 Å². The fourth-order valence-electron chi connectivity index (χ4n) is 5.89. The predicted octanol–water partition coefficient (Wildman–Crippen LogP) is 0.880. The number of amides is 5. The van der Waals surface area contributed by atoms with Crippen molar-refractivity contribution >= 4 is 81.9 Å². The van der Waals surface area contributed by atoms with Gasteiger partial charge in [0.1, 0.15) is 18.4 Å². The van der Waals surface area contributed by atoms with Crippen LogP contribution in [0.5, 0.6) is 5.75 Å². The van der Waals surface area contributed by atoms with Gasteiger partial charge in [0.25, 0.3) is 11.8 Å². The molecule has 0 aliphatic rings. The van der Waals surface area contributed by atoms with E-state index in [1.54, 1.807) is 38.1 Å². The van der Waals surface area contributed by atoms with Crippen LogP contribution in [0.15, 0.2) is 46.4 Å². The number of hydrogen-bond acceptors (Lipinski definition) is 13. The van der Waals surface area contributed by atoms with Crippen LogP contribution < -0.4 is 53.4 Å². The molecule has 0 saturated heterocycles. The van der Waals surface area contributed by atoms with Crippen molar-refractivity contribution in [3.63, 3.8) is 0 Å². The molecule has 2 rings (SSSR count). The molecule has 2 aromatic carbocycles. The summed E-state index contributed by atoms with van der Waals surface area (Å²) in [7, 11) is 0. The minimum atomic E-state index is -1.47. The monoisotopic (exact) mass is 957 g/mol. The normalized spacial score (nSPS) is 10.9. The fraction of sp³-hybridized carbons (Fsp3) is 0.512. The lowest BCUT2D eigenvalue weighted by Gasteiger charge is -2.18. The zero-order valence-corrected chi connectivity index (χ0v) is 39.1. The van der Waals surface area contributed by atoms with Gasteiger partial charge in [0.05, 0.1) is 43.8 Å². The highest BCUT2D eigenvalue weighted by molar-refractivity contribution is 7.80. The Morgan fingerprint density at radius 2 is 1.42 bits per heavy atom. The number of thiocarbonyl (C=S) groups is 2. The lowest BCUT2D eigenvalue weighted by atomic mass is 10.0. The van der Waals surface area contributed by atoms with Gasteiger partial charge in [0.15, 0.2) is 11.1 Å². The smallest absolute Gasteiger partial charge is 0.328 e. The van der Waals surface area contributed by atoms with Crippen LogP contribution in [0.25, 0.3) is 0 Å². The van der Waals surface area contributed by atoms with Crippen LogP contribution in [0.4, 0.5) is 5.69 Å². The SMILES string of the molecule is Cc1cc(OCCCNC(=O)CCCCCNC(=O)COCCOCCNC(=S)NCCCCN=C=S)cc(C)c1C(=O)N[C@@H](CNC(=O)CNC(=O)c1cccc(N=C(N)N)c1)C(=O)O. The molecule has 21 nitrogen and oxygen atoms in total. The number of carbonyl (C=O) groups is 6. The van der Waals surface area contributed by atoms with Crippen LogP contribution in [0.2, 0.25) is 0 Å². The van der Waals surface area contributed by atoms with E-state index in [1.165, 1.54) is 12.1 Å². The summed E-state index contributed by atoms with van der Waals surface area (Å²) in [5.41, 5.74) is 12.6. The average molecular weight is 958 g/mol. The van der Waals surface area contributed by atoms with Crippen LogP contribution in [0.3, 0.4) is 0 Å². The summed E-state index contributed by atoms with van der Waals surface area (Å²) in [6.45, 7) is 6.64. The molecule has 0 bridgehead atoms. The number of nitrogens with two attached hydrogens (primary N) is 2. The summed E-state index contributed by atoms with van der Waals surface area (Å²) in [6.07, 6.45) is 4.89. The number of carboxylic acid groups (broad SMARTS) is 1. The summed E-state index contributed by atoms with van der Waals surface area (Å²) in [4.78, 5) is 82.1. The van der Waals surface area contributed by atoms with E-state index < -0.39 is 42.8 Å². The number of unbranched alkanes of at least 4 members (excludes halogenated alkanes) is 3. The van der Waals surface area contributed by atoms with Gasteiger partial charge in [-0.2, -0.15) is 0 Å². The molecule has 12 N–H and O–H groups in total. The Labute approximate surface area is 395 Å². The molecule has 2 aromatic rings. The summed E-state index contributed by atoms with van der Waals surface area (Å²) in [5.74, 6) is -3.28. The zero-order valence-electron chi connectivity index (χ0n) is 37.5. The third-order valence-electron chi connectivity index (χ3n) is 9.11. The molecule has 0 spiro atoms. The average Bonchev–Trinajstić information content (AvgIpc) is 3.26. The van der Waals surface area contributed by atoms with E-state index in [4.69, 9.17) is 37.9 Å². The van der Waals surface area contributed by atoms with Crippen LogP contribution in [0.1, 0.15) is 76.8 Å². The number of isothiocyanates is 1. The molecule has 362 valence electrons. The van der Waals surface area contributed by atoms with Gasteiger partial charge >= 0.3 is 5.97 Å². The first kappa shape index (κ1) is 55.9.